The largest absolute Gasteiger partial charge is 0.495 e. The molecule has 0 saturated carbocycles. The van der Waals surface area contributed by atoms with Crippen LogP contribution in [0.1, 0.15) is 31.7 Å². The molecule has 0 spiro atoms. The first-order chi connectivity index (χ1) is 14.9. The van der Waals surface area contributed by atoms with Crippen molar-refractivity contribution in [1.29, 1.82) is 0 Å². The molecule has 0 aliphatic carbocycles. The zero-order chi connectivity index (χ0) is 22.4. The van der Waals surface area contributed by atoms with E-state index in [9.17, 15) is 13.2 Å². The van der Waals surface area contributed by atoms with Crippen molar-refractivity contribution in [3.8, 4) is 5.75 Å². The molecular formula is C23H30N2O5S. The van der Waals surface area contributed by atoms with Crippen LogP contribution in [0.5, 0.6) is 5.75 Å². The maximum absolute atomic E-state index is 13.3. The smallest absolute Gasteiger partial charge is 0.243 e. The van der Waals surface area contributed by atoms with E-state index in [4.69, 9.17) is 9.47 Å². The van der Waals surface area contributed by atoms with E-state index in [0.717, 1.165) is 12.0 Å². The number of anilines is 1. The van der Waals surface area contributed by atoms with Crippen molar-refractivity contribution in [2.75, 3.05) is 38.7 Å². The Bertz CT molecular complexity index is 988. The Labute approximate surface area is 184 Å². The third-order valence-corrected chi connectivity index (χ3v) is 7.59. The Morgan fingerprint density at radius 2 is 1.84 bits per heavy atom. The van der Waals surface area contributed by atoms with Crippen molar-refractivity contribution in [3.05, 3.63) is 54.1 Å². The van der Waals surface area contributed by atoms with Gasteiger partial charge in [-0.3, -0.25) is 4.79 Å². The molecule has 0 bridgehead atoms. The van der Waals surface area contributed by atoms with Crippen LogP contribution in [0, 0.1) is 5.92 Å². The average molecular weight is 447 g/mol. The highest BCUT2D eigenvalue weighted by Crippen LogP contribution is 2.33. The summed E-state index contributed by atoms with van der Waals surface area (Å²) in [7, 11) is -2.20. The molecule has 31 heavy (non-hydrogen) atoms. The quantitative estimate of drug-likeness (QED) is 0.671. The number of amides is 1. The van der Waals surface area contributed by atoms with Crippen LogP contribution in [-0.2, 0) is 19.6 Å². The molecular weight excluding hydrogens is 416 g/mol. The molecule has 1 aliphatic heterocycles. The van der Waals surface area contributed by atoms with Crippen LogP contribution in [-0.4, -0.2) is 52.0 Å². The summed E-state index contributed by atoms with van der Waals surface area (Å²) in [6, 6.07) is 14.2. The molecule has 1 aliphatic rings. The standard InChI is InChI=1S/C23H30N2O5S/c1-4-17(2)22(18-8-6-5-7-9-18)23(26)24-20-16-19(10-11-21(20)29-3)31(27,28)25-12-14-30-15-13-25/h5-11,16-17,22H,4,12-15H2,1-3H3,(H,24,26)/t17-,22+/m1/s1. The molecule has 0 radical (unpaired) electrons. The maximum Gasteiger partial charge on any atom is 0.243 e. The number of rotatable bonds is 8. The molecule has 8 heteroatoms. The second-order valence-corrected chi connectivity index (χ2v) is 9.58. The number of hydrogen-bond donors (Lipinski definition) is 1. The lowest BCUT2D eigenvalue weighted by Crippen LogP contribution is -2.40. The lowest BCUT2D eigenvalue weighted by molar-refractivity contribution is -0.118. The van der Waals surface area contributed by atoms with E-state index < -0.39 is 10.0 Å². The van der Waals surface area contributed by atoms with E-state index in [1.807, 2.05) is 44.2 Å². The third-order valence-electron chi connectivity index (χ3n) is 5.69. The van der Waals surface area contributed by atoms with Gasteiger partial charge in [0.05, 0.1) is 36.8 Å². The summed E-state index contributed by atoms with van der Waals surface area (Å²) in [5.74, 6) is -0.0471. The fourth-order valence-corrected chi connectivity index (χ4v) is 5.16. The van der Waals surface area contributed by atoms with E-state index in [2.05, 4.69) is 5.32 Å². The number of methoxy groups -OCH3 is 1. The molecule has 168 valence electrons. The Hall–Kier alpha value is -2.42. The van der Waals surface area contributed by atoms with Crippen molar-refractivity contribution in [1.82, 2.24) is 4.31 Å². The fourth-order valence-electron chi connectivity index (χ4n) is 3.73. The monoisotopic (exact) mass is 446 g/mol. The van der Waals surface area contributed by atoms with Gasteiger partial charge in [-0.05, 0) is 29.7 Å². The summed E-state index contributed by atoms with van der Waals surface area (Å²) in [6.45, 7) is 5.43. The molecule has 1 heterocycles. The molecule has 1 saturated heterocycles. The van der Waals surface area contributed by atoms with Crippen molar-refractivity contribution in [2.45, 2.75) is 31.1 Å². The van der Waals surface area contributed by atoms with E-state index in [1.54, 1.807) is 6.07 Å². The summed E-state index contributed by atoms with van der Waals surface area (Å²) in [5, 5.41) is 2.92. The number of ether oxygens (including phenoxy) is 2. The highest BCUT2D eigenvalue weighted by atomic mass is 32.2. The summed E-state index contributed by atoms with van der Waals surface area (Å²) in [5.41, 5.74) is 1.26. The lowest BCUT2D eigenvalue weighted by atomic mass is 9.85. The van der Waals surface area contributed by atoms with Crippen LogP contribution in [0.3, 0.4) is 0 Å². The number of carbonyl (C=O) groups is 1. The van der Waals surface area contributed by atoms with E-state index in [0.29, 0.717) is 37.7 Å². The van der Waals surface area contributed by atoms with E-state index >= 15 is 0 Å². The van der Waals surface area contributed by atoms with Crippen molar-refractivity contribution in [3.63, 3.8) is 0 Å². The van der Waals surface area contributed by atoms with Gasteiger partial charge in [-0.25, -0.2) is 8.42 Å². The molecule has 2 aromatic carbocycles. The highest BCUT2D eigenvalue weighted by molar-refractivity contribution is 7.89. The van der Waals surface area contributed by atoms with Gasteiger partial charge in [-0.1, -0.05) is 50.6 Å². The van der Waals surface area contributed by atoms with E-state index in [1.165, 1.54) is 23.5 Å². The van der Waals surface area contributed by atoms with E-state index in [-0.39, 0.29) is 22.6 Å². The van der Waals surface area contributed by atoms with Gasteiger partial charge in [0.25, 0.3) is 0 Å². The number of benzene rings is 2. The summed E-state index contributed by atoms with van der Waals surface area (Å²) in [6.07, 6.45) is 0.829. The number of hydrogen-bond acceptors (Lipinski definition) is 5. The van der Waals surface area contributed by atoms with Crippen LogP contribution >= 0.6 is 0 Å². The predicted octanol–water partition coefficient (Wildman–Crippen LogP) is 3.48. The van der Waals surface area contributed by atoms with Gasteiger partial charge >= 0.3 is 0 Å². The Morgan fingerprint density at radius 1 is 1.16 bits per heavy atom. The van der Waals surface area contributed by atoms with Gasteiger partial charge in [-0.2, -0.15) is 4.31 Å². The molecule has 0 unspecified atom stereocenters. The van der Waals surface area contributed by atoms with Gasteiger partial charge in [0.15, 0.2) is 0 Å². The molecule has 2 aromatic rings. The first kappa shape index (κ1) is 23.2. The topological polar surface area (TPSA) is 84.9 Å². The molecule has 2 atom stereocenters. The minimum absolute atomic E-state index is 0.105. The summed E-state index contributed by atoms with van der Waals surface area (Å²) in [4.78, 5) is 13.4. The van der Waals surface area contributed by atoms with Crippen LogP contribution in [0.2, 0.25) is 0 Å². The number of sulfonamides is 1. The second kappa shape index (κ2) is 10.3. The third kappa shape index (κ3) is 5.26. The van der Waals surface area contributed by atoms with Crippen molar-refractivity contribution >= 4 is 21.6 Å². The van der Waals surface area contributed by atoms with Crippen molar-refractivity contribution in [2.24, 2.45) is 5.92 Å². The van der Waals surface area contributed by atoms with Crippen LogP contribution in [0.4, 0.5) is 5.69 Å². The average Bonchev–Trinajstić information content (AvgIpc) is 2.80. The normalized spacial score (nSPS) is 17.0. The van der Waals surface area contributed by atoms with Crippen LogP contribution in [0.15, 0.2) is 53.4 Å². The Balaban J connectivity index is 1.92. The van der Waals surface area contributed by atoms with Gasteiger partial charge < -0.3 is 14.8 Å². The summed E-state index contributed by atoms with van der Waals surface area (Å²) < 4.78 is 38.2. The first-order valence-corrected chi connectivity index (χ1v) is 11.9. The van der Waals surface area contributed by atoms with Gasteiger partial charge in [0.2, 0.25) is 15.9 Å². The zero-order valence-electron chi connectivity index (χ0n) is 18.2. The highest BCUT2D eigenvalue weighted by Gasteiger charge is 2.29. The predicted molar refractivity (Wildman–Crippen MR) is 120 cm³/mol. The fraction of sp³-hybridized carbons (Fsp3) is 0.435. The van der Waals surface area contributed by atoms with Crippen molar-refractivity contribution < 1.29 is 22.7 Å². The minimum atomic E-state index is -3.69. The Morgan fingerprint density at radius 3 is 2.45 bits per heavy atom. The molecule has 0 aromatic heterocycles. The molecule has 7 nitrogen and oxygen atoms in total. The van der Waals surface area contributed by atoms with Crippen LogP contribution in [0.25, 0.3) is 0 Å². The molecule has 1 fully saturated rings. The molecule has 1 amide bonds. The second-order valence-electron chi connectivity index (χ2n) is 7.64. The Kier molecular flexibility index (Phi) is 7.69. The number of morpholine rings is 1. The minimum Gasteiger partial charge on any atom is -0.495 e. The maximum atomic E-state index is 13.3. The molecule has 1 N–H and O–H groups in total. The zero-order valence-corrected chi connectivity index (χ0v) is 19.0. The number of carbonyl (C=O) groups excluding carboxylic acids is 1. The lowest BCUT2D eigenvalue weighted by Gasteiger charge is -2.26. The van der Waals surface area contributed by atoms with Crippen LogP contribution < -0.4 is 10.1 Å². The van der Waals surface area contributed by atoms with Gasteiger partial charge in [-0.15, -0.1) is 0 Å². The summed E-state index contributed by atoms with van der Waals surface area (Å²) >= 11 is 0. The first-order valence-electron chi connectivity index (χ1n) is 10.5. The van der Waals surface area contributed by atoms with Gasteiger partial charge in [0.1, 0.15) is 5.75 Å². The number of nitrogens with one attached hydrogen (secondary N) is 1. The molecule has 3 rings (SSSR count). The SMILES string of the molecule is CC[C@@H](C)[C@H](C(=O)Nc1cc(S(=O)(=O)N2CCOCC2)ccc1OC)c1ccccc1. The number of nitrogens with zero attached hydrogens (tertiary/aromatic N) is 1. The van der Waals surface area contributed by atoms with Gasteiger partial charge in [0, 0.05) is 13.1 Å².